The van der Waals surface area contributed by atoms with Crippen molar-refractivity contribution in [2.45, 2.75) is 0 Å². The summed E-state index contributed by atoms with van der Waals surface area (Å²) in [5.41, 5.74) is 6.62. The van der Waals surface area contributed by atoms with Crippen LogP contribution in [0.1, 0.15) is 0 Å². The number of hydrogen-bond acceptors (Lipinski definition) is 5. The van der Waals surface area contributed by atoms with E-state index >= 15 is 0 Å². The van der Waals surface area contributed by atoms with Gasteiger partial charge in [-0.2, -0.15) is 0 Å². The van der Waals surface area contributed by atoms with Gasteiger partial charge in [-0.05, 0) is 41.5 Å². The van der Waals surface area contributed by atoms with Crippen molar-refractivity contribution in [3.8, 4) is 45.3 Å². The molecule has 0 unspecified atom stereocenters. The molecule has 9 aromatic rings. The van der Waals surface area contributed by atoms with Gasteiger partial charge in [0.1, 0.15) is 11.2 Å². The Morgan fingerprint density at radius 3 is 1.86 bits per heavy atom. The molecule has 9 rings (SSSR count). The van der Waals surface area contributed by atoms with Crippen LogP contribution in [0, 0.1) is 0 Å². The molecule has 0 saturated heterocycles. The molecule has 5 heteroatoms. The third-order valence-electron chi connectivity index (χ3n) is 8.14. The molecule has 0 aliphatic heterocycles. The Balaban J connectivity index is 1.38. The van der Waals surface area contributed by atoms with E-state index in [1.165, 1.54) is 20.2 Å². The van der Waals surface area contributed by atoms with Gasteiger partial charge in [-0.1, -0.05) is 109 Å². The van der Waals surface area contributed by atoms with Gasteiger partial charge in [0.2, 0.25) is 0 Å². The lowest BCUT2D eigenvalue weighted by Crippen LogP contribution is -2.01. The molecule has 0 amide bonds. The zero-order valence-corrected chi connectivity index (χ0v) is 24.3. The highest BCUT2D eigenvalue weighted by atomic mass is 32.1. The minimum atomic E-state index is 0.611. The second-order valence-electron chi connectivity index (χ2n) is 10.8. The number of benzene rings is 6. The molecule has 0 radical (unpaired) electrons. The Bertz CT molecular complexity index is 2500. The lowest BCUT2D eigenvalue weighted by atomic mass is 9.98. The summed E-state index contributed by atoms with van der Waals surface area (Å²) in [6.45, 7) is 0. The summed E-state index contributed by atoms with van der Waals surface area (Å²) >= 11 is 1.79. The highest BCUT2D eigenvalue weighted by Gasteiger charge is 2.21. The van der Waals surface area contributed by atoms with E-state index in [1.807, 2.05) is 54.6 Å². The Labute approximate surface area is 256 Å². The lowest BCUT2D eigenvalue weighted by molar-refractivity contribution is 0.669. The van der Waals surface area contributed by atoms with Gasteiger partial charge in [0.15, 0.2) is 17.5 Å². The van der Waals surface area contributed by atoms with E-state index in [-0.39, 0.29) is 0 Å². The van der Waals surface area contributed by atoms with Gasteiger partial charge in [-0.15, -0.1) is 11.3 Å². The van der Waals surface area contributed by atoms with Crippen molar-refractivity contribution in [2.24, 2.45) is 0 Å². The predicted octanol–water partition coefficient (Wildman–Crippen LogP) is 10.8. The predicted molar refractivity (Wildman–Crippen MR) is 182 cm³/mol. The average Bonchev–Trinajstić information content (AvgIpc) is 3.67. The fourth-order valence-corrected chi connectivity index (χ4v) is 7.25. The Kier molecular flexibility index (Phi) is 5.64. The Hall–Kier alpha value is -5.65. The summed E-state index contributed by atoms with van der Waals surface area (Å²) in [5, 5.41) is 4.41. The number of para-hydroxylation sites is 1. The largest absolute Gasteiger partial charge is 0.456 e. The first-order valence-electron chi connectivity index (χ1n) is 14.5. The molecular weight excluding hydrogens is 559 g/mol. The van der Waals surface area contributed by atoms with Gasteiger partial charge in [-0.25, -0.2) is 15.0 Å². The first-order valence-corrected chi connectivity index (χ1v) is 15.3. The van der Waals surface area contributed by atoms with E-state index < -0.39 is 0 Å². The maximum absolute atomic E-state index is 6.43. The van der Waals surface area contributed by atoms with Crippen molar-refractivity contribution in [2.75, 3.05) is 0 Å². The number of nitrogens with zero attached hydrogens (tertiary/aromatic N) is 3. The van der Waals surface area contributed by atoms with Gasteiger partial charge in [0.05, 0.1) is 0 Å². The lowest BCUT2D eigenvalue weighted by Gasteiger charge is -2.11. The number of furan rings is 1. The van der Waals surface area contributed by atoms with Gasteiger partial charge in [0.25, 0.3) is 0 Å². The van der Waals surface area contributed by atoms with E-state index in [0.29, 0.717) is 17.5 Å². The summed E-state index contributed by atoms with van der Waals surface area (Å²) in [5.74, 6) is 1.89. The highest BCUT2D eigenvalue weighted by molar-refractivity contribution is 7.25. The summed E-state index contributed by atoms with van der Waals surface area (Å²) in [7, 11) is 0. The summed E-state index contributed by atoms with van der Waals surface area (Å²) in [6, 6.07) is 47.9. The number of fused-ring (bicyclic) bond motifs is 6. The van der Waals surface area contributed by atoms with Crippen LogP contribution in [0.5, 0.6) is 0 Å². The van der Waals surface area contributed by atoms with Crippen LogP contribution >= 0.6 is 11.3 Å². The van der Waals surface area contributed by atoms with Crippen LogP contribution in [0.15, 0.2) is 144 Å². The molecular formula is C39H23N3OS. The van der Waals surface area contributed by atoms with Gasteiger partial charge in [-0.3, -0.25) is 0 Å². The first kappa shape index (κ1) is 24.9. The highest BCUT2D eigenvalue weighted by Crippen LogP contribution is 2.42. The number of rotatable bonds is 4. The molecule has 3 aromatic heterocycles. The Morgan fingerprint density at radius 1 is 0.409 bits per heavy atom. The van der Waals surface area contributed by atoms with E-state index in [0.717, 1.165) is 49.8 Å². The molecule has 206 valence electrons. The fourth-order valence-electron chi connectivity index (χ4n) is 6.12. The molecule has 0 bridgehead atoms. The van der Waals surface area contributed by atoms with Gasteiger partial charge >= 0.3 is 0 Å². The van der Waals surface area contributed by atoms with Crippen molar-refractivity contribution < 1.29 is 4.42 Å². The molecule has 0 fully saturated rings. The van der Waals surface area contributed by atoms with Crippen LogP contribution in [-0.2, 0) is 0 Å². The number of hydrogen-bond donors (Lipinski definition) is 0. The van der Waals surface area contributed by atoms with Crippen LogP contribution < -0.4 is 0 Å². The Morgan fingerprint density at radius 2 is 1.05 bits per heavy atom. The van der Waals surface area contributed by atoms with Gasteiger partial charge < -0.3 is 4.42 Å². The van der Waals surface area contributed by atoms with Gasteiger partial charge in [0, 0.05) is 47.6 Å². The summed E-state index contributed by atoms with van der Waals surface area (Å²) < 4.78 is 8.89. The van der Waals surface area contributed by atoms with Crippen LogP contribution in [0.25, 0.3) is 87.4 Å². The van der Waals surface area contributed by atoms with Crippen LogP contribution in [-0.4, -0.2) is 15.0 Å². The summed E-state index contributed by atoms with van der Waals surface area (Å²) in [4.78, 5) is 15.5. The number of thiophene rings is 1. The molecule has 0 aliphatic rings. The van der Waals surface area contributed by atoms with Crippen molar-refractivity contribution in [1.82, 2.24) is 15.0 Å². The second-order valence-corrected chi connectivity index (χ2v) is 11.9. The quantitative estimate of drug-likeness (QED) is 0.207. The van der Waals surface area contributed by atoms with E-state index in [4.69, 9.17) is 19.4 Å². The topological polar surface area (TPSA) is 51.8 Å². The maximum Gasteiger partial charge on any atom is 0.164 e. The minimum absolute atomic E-state index is 0.611. The van der Waals surface area contributed by atoms with Crippen molar-refractivity contribution >= 4 is 53.4 Å². The molecule has 44 heavy (non-hydrogen) atoms. The SMILES string of the molecule is c1ccc(-c2cc(-c3nc(-c4ccccc4)nc(-c4cccc5sc6ccccc6c45)n3)c3c(c2)oc2ccccc23)cc1. The van der Waals surface area contributed by atoms with Crippen molar-refractivity contribution in [3.63, 3.8) is 0 Å². The first-order chi connectivity index (χ1) is 21.8. The summed E-state index contributed by atoms with van der Waals surface area (Å²) in [6.07, 6.45) is 0. The maximum atomic E-state index is 6.43. The fraction of sp³-hybridized carbons (Fsp3) is 0. The molecule has 0 atom stereocenters. The zero-order valence-electron chi connectivity index (χ0n) is 23.4. The van der Waals surface area contributed by atoms with Crippen LogP contribution in [0.4, 0.5) is 0 Å². The average molecular weight is 582 g/mol. The molecule has 4 nitrogen and oxygen atoms in total. The molecule has 6 aromatic carbocycles. The third-order valence-corrected chi connectivity index (χ3v) is 9.27. The zero-order chi connectivity index (χ0) is 29.0. The molecule has 0 aliphatic carbocycles. The minimum Gasteiger partial charge on any atom is -0.456 e. The van der Waals surface area contributed by atoms with Crippen LogP contribution in [0.2, 0.25) is 0 Å². The van der Waals surface area contributed by atoms with E-state index in [9.17, 15) is 0 Å². The molecule has 3 heterocycles. The standard InChI is InChI=1S/C39H23N3OS/c1-3-12-24(13-4-1)26-22-30(35-27-16-7-9-19-31(27)43-32(35)23-26)39-41-37(25-14-5-2-6-15-25)40-38(42-39)29-18-11-21-34-36(29)28-17-8-10-20-33(28)44-34/h1-23H. The normalized spacial score (nSPS) is 11.6. The van der Waals surface area contributed by atoms with Crippen LogP contribution in [0.3, 0.4) is 0 Å². The smallest absolute Gasteiger partial charge is 0.164 e. The number of aromatic nitrogens is 3. The molecule has 0 N–H and O–H groups in total. The van der Waals surface area contributed by atoms with E-state index in [1.54, 1.807) is 11.3 Å². The monoisotopic (exact) mass is 581 g/mol. The molecule has 0 saturated carbocycles. The third kappa shape index (κ3) is 4.02. The van der Waals surface area contributed by atoms with E-state index in [2.05, 4.69) is 84.9 Å². The molecule has 0 spiro atoms. The van der Waals surface area contributed by atoms with Crippen molar-refractivity contribution in [1.29, 1.82) is 0 Å². The second kappa shape index (κ2) is 9.97. The van der Waals surface area contributed by atoms with Crippen molar-refractivity contribution in [3.05, 3.63) is 140 Å².